The second-order valence-corrected chi connectivity index (χ2v) is 9.78. The lowest BCUT2D eigenvalue weighted by atomic mass is 9.83. The number of esters is 1. The molecule has 9 heteroatoms. The molecule has 0 aliphatic heterocycles. The summed E-state index contributed by atoms with van der Waals surface area (Å²) < 4.78 is 12.8. The van der Waals surface area contributed by atoms with Crippen molar-refractivity contribution < 1.29 is 24.2 Å². The normalized spacial score (nSPS) is 13.1. The summed E-state index contributed by atoms with van der Waals surface area (Å²) in [4.78, 5) is 24.7. The van der Waals surface area contributed by atoms with Gasteiger partial charge in [0.1, 0.15) is 11.4 Å². The maximum Gasteiger partial charge on any atom is 0.335 e. The van der Waals surface area contributed by atoms with Crippen molar-refractivity contribution in [3.63, 3.8) is 0 Å². The molecule has 0 bridgehead atoms. The van der Waals surface area contributed by atoms with Crippen LogP contribution in [0, 0.1) is 5.92 Å². The lowest BCUT2D eigenvalue weighted by molar-refractivity contribution is -0.161. The monoisotopic (exact) mass is 494 g/mol. The lowest BCUT2D eigenvalue weighted by Crippen LogP contribution is -2.33. The van der Waals surface area contributed by atoms with Crippen molar-refractivity contribution in [1.29, 1.82) is 0 Å². The Morgan fingerprint density at radius 3 is 2.22 bits per heavy atom. The molecule has 36 heavy (non-hydrogen) atoms. The van der Waals surface area contributed by atoms with Gasteiger partial charge in [-0.2, -0.15) is 0 Å². The minimum Gasteiger partial charge on any atom is -0.497 e. The van der Waals surface area contributed by atoms with Crippen LogP contribution in [0.1, 0.15) is 73.8 Å². The molecule has 0 amide bonds. The number of ether oxygens (including phenoxy) is 2. The van der Waals surface area contributed by atoms with E-state index in [1.807, 2.05) is 52.0 Å². The standard InChI is InChI=1S/C27H34N4O5/c1-6-7-22(26(34)36-27(2,3)4)23(16-18-8-12-20(13-9-18)25(32)33)24-28-29-30-31(24)17-19-10-14-21(35-5)15-11-19/h8-15,22-23H,6-7,16-17H2,1-5H3,(H,32,33)/t22-,23-/m0/s1. The number of benzene rings is 2. The van der Waals surface area contributed by atoms with E-state index in [4.69, 9.17) is 9.47 Å². The Morgan fingerprint density at radius 1 is 1.03 bits per heavy atom. The summed E-state index contributed by atoms with van der Waals surface area (Å²) in [6, 6.07) is 14.3. The number of rotatable bonds is 11. The maximum absolute atomic E-state index is 13.4. The van der Waals surface area contributed by atoms with Crippen molar-refractivity contribution in [2.45, 2.75) is 65.0 Å². The number of carbonyl (C=O) groups excluding carboxylic acids is 1. The van der Waals surface area contributed by atoms with Crippen LogP contribution in [0.4, 0.5) is 0 Å². The maximum atomic E-state index is 13.4. The Bertz CT molecular complexity index is 1150. The second kappa shape index (κ2) is 11.8. The fourth-order valence-electron chi connectivity index (χ4n) is 4.12. The largest absolute Gasteiger partial charge is 0.497 e. The first-order chi connectivity index (χ1) is 17.1. The number of methoxy groups -OCH3 is 1. The van der Waals surface area contributed by atoms with Crippen molar-refractivity contribution in [1.82, 2.24) is 20.2 Å². The van der Waals surface area contributed by atoms with E-state index in [1.54, 1.807) is 36.1 Å². The van der Waals surface area contributed by atoms with Gasteiger partial charge in [0, 0.05) is 5.92 Å². The van der Waals surface area contributed by atoms with Crippen LogP contribution in [0.2, 0.25) is 0 Å². The zero-order valence-electron chi connectivity index (χ0n) is 21.5. The zero-order chi connectivity index (χ0) is 26.3. The van der Waals surface area contributed by atoms with Crippen LogP contribution in [-0.2, 0) is 22.5 Å². The molecule has 2 aromatic carbocycles. The molecule has 3 aromatic rings. The van der Waals surface area contributed by atoms with E-state index in [1.165, 1.54) is 0 Å². The Hall–Kier alpha value is -3.75. The molecule has 0 saturated carbocycles. The average molecular weight is 495 g/mol. The summed E-state index contributed by atoms with van der Waals surface area (Å²) in [5, 5.41) is 21.8. The number of carbonyl (C=O) groups is 2. The molecule has 0 radical (unpaired) electrons. The summed E-state index contributed by atoms with van der Waals surface area (Å²) >= 11 is 0. The first-order valence-corrected chi connectivity index (χ1v) is 12.1. The van der Waals surface area contributed by atoms with Crippen LogP contribution in [0.25, 0.3) is 0 Å². The zero-order valence-corrected chi connectivity index (χ0v) is 21.5. The Labute approximate surface area is 211 Å². The number of carboxylic acids is 1. The van der Waals surface area contributed by atoms with Crippen molar-refractivity contribution in [3.05, 3.63) is 71.0 Å². The highest BCUT2D eigenvalue weighted by molar-refractivity contribution is 5.87. The van der Waals surface area contributed by atoms with E-state index in [0.29, 0.717) is 25.2 Å². The van der Waals surface area contributed by atoms with Gasteiger partial charge >= 0.3 is 11.9 Å². The van der Waals surface area contributed by atoms with Gasteiger partial charge in [-0.3, -0.25) is 4.79 Å². The van der Waals surface area contributed by atoms with E-state index in [2.05, 4.69) is 15.5 Å². The first kappa shape index (κ1) is 26.8. The number of aromatic nitrogens is 4. The lowest BCUT2D eigenvalue weighted by Gasteiger charge is -2.29. The van der Waals surface area contributed by atoms with E-state index in [-0.39, 0.29) is 17.5 Å². The van der Waals surface area contributed by atoms with Crippen LogP contribution in [0.15, 0.2) is 48.5 Å². The predicted molar refractivity (Wildman–Crippen MR) is 134 cm³/mol. The van der Waals surface area contributed by atoms with Gasteiger partial charge in [0.25, 0.3) is 0 Å². The van der Waals surface area contributed by atoms with E-state index < -0.39 is 17.5 Å². The SMILES string of the molecule is CCC[C@H](C(=O)OC(C)(C)C)[C@H](Cc1ccc(C(=O)O)cc1)c1nnnn1Cc1ccc(OC)cc1. The molecule has 0 unspecified atom stereocenters. The minimum atomic E-state index is -0.987. The van der Waals surface area contributed by atoms with Gasteiger partial charge in [-0.25, -0.2) is 9.48 Å². The molecule has 0 aliphatic rings. The minimum absolute atomic E-state index is 0.205. The number of carboxylic acid groups (broad SMARTS) is 1. The fourth-order valence-corrected chi connectivity index (χ4v) is 4.12. The fraction of sp³-hybridized carbons (Fsp3) is 0.444. The summed E-state index contributed by atoms with van der Waals surface area (Å²) in [5.41, 5.74) is 1.44. The molecule has 9 nitrogen and oxygen atoms in total. The predicted octanol–water partition coefficient (Wildman–Crippen LogP) is 4.51. The molecule has 2 atom stereocenters. The van der Waals surface area contributed by atoms with Crippen LogP contribution in [0.5, 0.6) is 5.75 Å². The van der Waals surface area contributed by atoms with Gasteiger partial charge in [-0.15, -0.1) is 5.10 Å². The molecule has 0 spiro atoms. The van der Waals surface area contributed by atoms with Gasteiger partial charge in [0.05, 0.1) is 25.1 Å². The first-order valence-electron chi connectivity index (χ1n) is 12.1. The summed E-state index contributed by atoms with van der Waals surface area (Å²) in [6.45, 7) is 7.99. The summed E-state index contributed by atoms with van der Waals surface area (Å²) in [6.07, 6.45) is 1.83. The highest BCUT2D eigenvalue weighted by Gasteiger charge is 2.36. The molecule has 3 rings (SSSR count). The van der Waals surface area contributed by atoms with Crippen molar-refractivity contribution in [2.24, 2.45) is 5.92 Å². The Morgan fingerprint density at radius 2 is 1.67 bits per heavy atom. The van der Waals surface area contributed by atoms with E-state index in [0.717, 1.165) is 23.3 Å². The molecule has 1 aromatic heterocycles. The summed E-state index contributed by atoms with van der Waals surface area (Å²) in [5.74, 6) is -0.795. The molecule has 1 N–H and O–H groups in total. The van der Waals surface area contributed by atoms with Gasteiger partial charge in [-0.1, -0.05) is 37.6 Å². The smallest absolute Gasteiger partial charge is 0.335 e. The highest BCUT2D eigenvalue weighted by Crippen LogP contribution is 2.33. The van der Waals surface area contributed by atoms with E-state index >= 15 is 0 Å². The van der Waals surface area contributed by atoms with Gasteiger partial charge in [0.2, 0.25) is 0 Å². The van der Waals surface area contributed by atoms with Crippen molar-refractivity contribution in [3.8, 4) is 5.75 Å². The van der Waals surface area contributed by atoms with Crippen molar-refractivity contribution >= 4 is 11.9 Å². The molecule has 0 saturated heterocycles. The quantitative estimate of drug-likeness (QED) is 0.387. The number of hydrogen-bond acceptors (Lipinski definition) is 7. The third kappa shape index (κ3) is 7.13. The van der Waals surface area contributed by atoms with Crippen LogP contribution >= 0.6 is 0 Å². The van der Waals surface area contributed by atoms with Gasteiger partial charge < -0.3 is 14.6 Å². The second-order valence-electron chi connectivity index (χ2n) is 9.78. The van der Waals surface area contributed by atoms with Gasteiger partial charge in [-0.05, 0) is 79.4 Å². The molecule has 0 fully saturated rings. The number of aromatic carboxylic acids is 1. The molecular weight excluding hydrogens is 460 g/mol. The third-order valence-corrected chi connectivity index (χ3v) is 5.83. The topological polar surface area (TPSA) is 116 Å². The number of nitrogens with zero attached hydrogens (tertiary/aromatic N) is 4. The average Bonchev–Trinajstić information content (AvgIpc) is 3.28. The number of hydrogen-bond donors (Lipinski definition) is 1. The molecule has 192 valence electrons. The summed E-state index contributed by atoms with van der Waals surface area (Å²) in [7, 11) is 1.62. The van der Waals surface area contributed by atoms with Crippen molar-refractivity contribution in [2.75, 3.05) is 7.11 Å². The Balaban J connectivity index is 1.99. The van der Waals surface area contributed by atoms with Crippen LogP contribution < -0.4 is 4.74 Å². The van der Waals surface area contributed by atoms with Crippen LogP contribution in [0.3, 0.4) is 0 Å². The number of tetrazole rings is 1. The van der Waals surface area contributed by atoms with Gasteiger partial charge in [0.15, 0.2) is 5.82 Å². The Kier molecular flexibility index (Phi) is 8.79. The highest BCUT2D eigenvalue weighted by atomic mass is 16.6. The van der Waals surface area contributed by atoms with E-state index in [9.17, 15) is 14.7 Å². The van der Waals surface area contributed by atoms with Crippen LogP contribution in [-0.4, -0.2) is 50.0 Å². The molecule has 1 heterocycles. The molecule has 0 aliphatic carbocycles. The molecular formula is C27H34N4O5. The third-order valence-electron chi connectivity index (χ3n) is 5.83.